The zero-order valence-electron chi connectivity index (χ0n) is 24.0. The van der Waals surface area contributed by atoms with Gasteiger partial charge in [0.15, 0.2) is 0 Å². The van der Waals surface area contributed by atoms with E-state index < -0.39 is 28.5 Å². The van der Waals surface area contributed by atoms with Gasteiger partial charge in [0.1, 0.15) is 24.1 Å². The number of nitrogens with zero attached hydrogens (tertiary/aromatic N) is 2. The number of rotatable bonds is 14. The molecule has 1 atom stereocenters. The predicted molar refractivity (Wildman–Crippen MR) is 166 cm³/mol. The van der Waals surface area contributed by atoms with Crippen LogP contribution in [-0.2, 0) is 32.6 Å². The van der Waals surface area contributed by atoms with E-state index in [2.05, 4.69) is 5.32 Å². The number of hydrogen-bond donors (Lipinski definition) is 1. The fourth-order valence-electron chi connectivity index (χ4n) is 4.36. The van der Waals surface area contributed by atoms with Crippen molar-refractivity contribution in [3.05, 3.63) is 87.9 Å². The van der Waals surface area contributed by atoms with Crippen molar-refractivity contribution in [1.82, 2.24) is 10.2 Å². The number of carbonyl (C=O) groups excluding carboxylic acids is 2. The van der Waals surface area contributed by atoms with Crippen molar-refractivity contribution in [1.29, 1.82) is 0 Å². The molecule has 3 aromatic carbocycles. The van der Waals surface area contributed by atoms with Gasteiger partial charge in [0.25, 0.3) is 0 Å². The summed E-state index contributed by atoms with van der Waals surface area (Å²) in [6.45, 7) is 1.55. The third-order valence-electron chi connectivity index (χ3n) is 6.54. The van der Waals surface area contributed by atoms with E-state index in [-0.39, 0.29) is 30.3 Å². The molecule has 0 heterocycles. The average molecular weight is 637 g/mol. The maximum atomic E-state index is 14.2. The molecule has 0 bridgehead atoms. The molecule has 9 nitrogen and oxygen atoms in total. The zero-order chi connectivity index (χ0) is 30.9. The Morgan fingerprint density at radius 2 is 1.62 bits per heavy atom. The van der Waals surface area contributed by atoms with Crippen LogP contribution >= 0.6 is 23.2 Å². The van der Waals surface area contributed by atoms with Gasteiger partial charge in [-0.3, -0.25) is 13.9 Å². The first-order chi connectivity index (χ1) is 20.0. The van der Waals surface area contributed by atoms with E-state index in [1.54, 1.807) is 30.3 Å². The fraction of sp³-hybridized carbons (Fsp3) is 0.333. The summed E-state index contributed by atoms with van der Waals surface area (Å²) in [5.41, 5.74) is 1.35. The second kappa shape index (κ2) is 15.1. The van der Waals surface area contributed by atoms with Crippen LogP contribution in [0.4, 0.5) is 5.69 Å². The Kier molecular flexibility index (Phi) is 11.9. The second-order valence-electron chi connectivity index (χ2n) is 9.53. The number of benzene rings is 3. The van der Waals surface area contributed by atoms with Gasteiger partial charge in [-0.2, -0.15) is 0 Å². The molecule has 0 aromatic heterocycles. The first-order valence-corrected chi connectivity index (χ1v) is 15.8. The van der Waals surface area contributed by atoms with Gasteiger partial charge in [0, 0.05) is 41.2 Å². The van der Waals surface area contributed by atoms with Crippen LogP contribution in [0.3, 0.4) is 0 Å². The lowest BCUT2D eigenvalue weighted by Crippen LogP contribution is -2.53. The van der Waals surface area contributed by atoms with Gasteiger partial charge in [-0.15, -0.1) is 0 Å². The van der Waals surface area contributed by atoms with Crippen LogP contribution in [0.25, 0.3) is 0 Å². The van der Waals surface area contributed by atoms with E-state index in [4.69, 9.17) is 32.7 Å². The molecular weight excluding hydrogens is 601 g/mol. The van der Waals surface area contributed by atoms with Crippen molar-refractivity contribution in [2.24, 2.45) is 0 Å². The van der Waals surface area contributed by atoms with Crippen LogP contribution < -0.4 is 19.1 Å². The van der Waals surface area contributed by atoms with E-state index in [1.165, 1.54) is 25.2 Å². The molecule has 3 aromatic rings. The fourth-order valence-corrected chi connectivity index (χ4v) is 5.72. The molecule has 0 radical (unpaired) electrons. The predicted octanol–water partition coefficient (Wildman–Crippen LogP) is 4.94. The van der Waals surface area contributed by atoms with Gasteiger partial charge in [-0.05, 0) is 36.2 Å². The third-order valence-corrected chi connectivity index (χ3v) is 8.38. The molecular formula is C30H35Cl2N3O6S. The first kappa shape index (κ1) is 33.0. The Morgan fingerprint density at radius 3 is 2.19 bits per heavy atom. The second-order valence-corrected chi connectivity index (χ2v) is 12.2. The van der Waals surface area contributed by atoms with Gasteiger partial charge < -0.3 is 19.7 Å². The van der Waals surface area contributed by atoms with Gasteiger partial charge in [-0.25, -0.2) is 8.42 Å². The van der Waals surface area contributed by atoms with Crippen molar-refractivity contribution in [2.45, 2.75) is 32.4 Å². The Balaban J connectivity index is 2.14. The van der Waals surface area contributed by atoms with E-state index >= 15 is 0 Å². The van der Waals surface area contributed by atoms with E-state index in [0.717, 1.165) is 16.1 Å². The molecule has 0 aliphatic heterocycles. The normalized spacial score (nSPS) is 11.9. The lowest BCUT2D eigenvalue weighted by molar-refractivity contribution is -0.140. The molecule has 226 valence electrons. The van der Waals surface area contributed by atoms with Crippen LogP contribution in [0.15, 0.2) is 66.7 Å². The minimum absolute atomic E-state index is 0.110. The largest absolute Gasteiger partial charge is 0.497 e. The lowest BCUT2D eigenvalue weighted by Gasteiger charge is -2.34. The average Bonchev–Trinajstić information content (AvgIpc) is 2.97. The number of amides is 2. The minimum atomic E-state index is -4.01. The molecule has 0 saturated carbocycles. The van der Waals surface area contributed by atoms with Gasteiger partial charge in [-0.1, -0.05) is 66.5 Å². The van der Waals surface area contributed by atoms with Crippen molar-refractivity contribution in [2.75, 3.05) is 37.9 Å². The van der Waals surface area contributed by atoms with Gasteiger partial charge in [0.05, 0.1) is 26.2 Å². The summed E-state index contributed by atoms with van der Waals surface area (Å²) >= 11 is 13.0. The van der Waals surface area contributed by atoms with Crippen molar-refractivity contribution in [3.63, 3.8) is 0 Å². The highest BCUT2D eigenvalue weighted by Crippen LogP contribution is 2.34. The maximum absolute atomic E-state index is 14.2. The number of hydrogen-bond acceptors (Lipinski definition) is 6. The number of halogens is 2. The summed E-state index contributed by atoms with van der Waals surface area (Å²) in [6.07, 6.45) is 1.85. The highest BCUT2D eigenvalue weighted by molar-refractivity contribution is 7.92. The Morgan fingerprint density at radius 1 is 0.952 bits per heavy atom. The molecule has 0 aliphatic rings. The molecule has 3 rings (SSSR count). The number of sulfonamides is 1. The quantitative estimate of drug-likeness (QED) is 0.269. The summed E-state index contributed by atoms with van der Waals surface area (Å²) in [4.78, 5) is 29.2. The van der Waals surface area contributed by atoms with Crippen molar-refractivity contribution >= 4 is 50.7 Å². The Labute approximate surface area is 257 Å². The molecule has 0 saturated heterocycles. The molecule has 0 aliphatic carbocycles. The molecule has 42 heavy (non-hydrogen) atoms. The number of anilines is 1. The number of carbonyl (C=O) groups is 2. The van der Waals surface area contributed by atoms with Crippen LogP contribution in [0.2, 0.25) is 10.0 Å². The summed E-state index contributed by atoms with van der Waals surface area (Å²) < 4.78 is 37.8. The topological polar surface area (TPSA) is 105 Å². The van der Waals surface area contributed by atoms with E-state index in [0.29, 0.717) is 34.3 Å². The maximum Gasteiger partial charge on any atom is 0.244 e. The van der Waals surface area contributed by atoms with E-state index in [9.17, 15) is 18.0 Å². The lowest BCUT2D eigenvalue weighted by atomic mass is 10.0. The molecule has 0 fully saturated rings. The molecule has 12 heteroatoms. The summed E-state index contributed by atoms with van der Waals surface area (Å²) in [7, 11) is -1.17. The molecule has 2 amide bonds. The minimum Gasteiger partial charge on any atom is -0.497 e. The standard InChI is InChI=1S/C30H35Cl2N3O6S/c1-5-16-33-30(37)27(17-21-10-7-6-8-11-21)34(19-23-24(31)12-9-13-25(23)32)29(36)20-35(42(4,38)39)26-18-22(40-2)14-15-28(26)41-3/h6-15,18,27H,5,16-17,19-20H2,1-4H3,(H,33,37)/t27-/m0/s1. The first-order valence-electron chi connectivity index (χ1n) is 13.2. The van der Waals surface area contributed by atoms with Crippen LogP contribution in [-0.4, -0.2) is 64.7 Å². The number of methoxy groups -OCH3 is 2. The smallest absolute Gasteiger partial charge is 0.244 e. The van der Waals surface area contributed by atoms with Gasteiger partial charge in [0.2, 0.25) is 21.8 Å². The molecule has 1 N–H and O–H groups in total. The van der Waals surface area contributed by atoms with Gasteiger partial charge >= 0.3 is 0 Å². The van der Waals surface area contributed by atoms with Crippen LogP contribution in [0, 0.1) is 0 Å². The third kappa shape index (κ3) is 8.53. The Hall–Kier alpha value is -3.47. The summed E-state index contributed by atoms with van der Waals surface area (Å²) in [5, 5.41) is 3.50. The molecule has 0 unspecified atom stereocenters. The van der Waals surface area contributed by atoms with Crippen molar-refractivity contribution < 1.29 is 27.5 Å². The number of ether oxygens (including phenoxy) is 2. The molecule has 0 spiro atoms. The van der Waals surface area contributed by atoms with Crippen LogP contribution in [0.5, 0.6) is 11.5 Å². The van der Waals surface area contributed by atoms with E-state index in [1.807, 2.05) is 37.3 Å². The Bertz CT molecular complexity index is 1470. The number of nitrogens with one attached hydrogen (secondary N) is 1. The van der Waals surface area contributed by atoms with Crippen molar-refractivity contribution in [3.8, 4) is 11.5 Å². The van der Waals surface area contributed by atoms with Crippen LogP contribution in [0.1, 0.15) is 24.5 Å². The monoisotopic (exact) mass is 635 g/mol. The highest BCUT2D eigenvalue weighted by atomic mass is 35.5. The zero-order valence-corrected chi connectivity index (χ0v) is 26.3. The highest BCUT2D eigenvalue weighted by Gasteiger charge is 2.34. The summed E-state index contributed by atoms with van der Waals surface area (Å²) in [5.74, 6) is -0.445. The SMILES string of the molecule is CCCNC(=O)[C@H](Cc1ccccc1)N(Cc1c(Cl)cccc1Cl)C(=O)CN(c1cc(OC)ccc1OC)S(C)(=O)=O. The summed E-state index contributed by atoms with van der Waals surface area (Å²) in [6, 6.07) is 17.8.